The highest BCUT2D eigenvalue weighted by Crippen LogP contribution is 2.06. The van der Waals surface area contributed by atoms with Crippen LogP contribution >= 0.6 is 0 Å². The molecule has 0 aliphatic heterocycles. The number of rotatable bonds is 8. The van der Waals surface area contributed by atoms with Crippen LogP contribution in [0.5, 0.6) is 0 Å². The van der Waals surface area contributed by atoms with E-state index in [4.69, 9.17) is 9.84 Å². The first-order chi connectivity index (χ1) is 7.81. The van der Waals surface area contributed by atoms with E-state index in [1.807, 2.05) is 20.8 Å². The van der Waals surface area contributed by atoms with Gasteiger partial charge >= 0.3 is 11.9 Å². The molecule has 0 heterocycles. The second kappa shape index (κ2) is 8.06. The first kappa shape index (κ1) is 15.9. The van der Waals surface area contributed by atoms with Gasteiger partial charge in [-0.05, 0) is 40.2 Å². The zero-order valence-corrected chi connectivity index (χ0v) is 10.9. The van der Waals surface area contributed by atoms with Crippen LogP contribution in [0.1, 0.15) is 46.5 Å². The molecule has 0 amide bonds. The molecule has 2 N–H and O–H groups in total. The number of unbranched alkanes of at least 4 members (excludes halogenated alkanes) is 2. The van der Waals surface area contributed by atoms with Gasteiger partial charge in [-0.2, -0.15) is 0 Å². The fourth-order valence-electron chi connectivity index (χ4n) is 1.27. The number of carboxylic acid groups (broad SMARTS) is 1. The molecule has 0 fully saturated rings. The van der Waals surface area contributed by atoms with Crippen molar-refractivity contribution in [2.45, 2.75) is 52.1 Å². The third-order valence-corrected chi connectivity index (χ3v) is 1.93. The molecular formula is C12H23NO4. The Hall–Kier alpha value is -1.10. The number of carbonyl (C=O) groups is 2. The first-order valence-corrected chi connectivity index (χ1v) is 5.95. The summed E-state index contributed by atoms with van der Waals surface area (Å²) in [5, 5.41) is 11.4. The summed E-state index contributed by atoms with van der Waals surface area (Å²) in [6.07, 6.45) is 2.62. The minimum atomic E-state index is -0.758. The predicted molar refractivity (Wildman–Crippen MR) is 64.8 cm³/mol. The smallest absolute Gasteiger partial charge is 0.320 e. The monoisotopic (exact) mass is 245 g/mol. The van der Waals surface area contributed by atoms with Crippen LogP contribution in [0.4, 0.5) is 0 Å². The molecular weight excluding hydrogens is 222 g/mol. The van der Waals surface area contributed by atoms with Gasteiger partial charge in [-0.1, -0.05) is 6.42 Å². The van der Waals surface area contributed by atoms with Crippen molar-refractivity contribution in [1.29, 1.82) is 0 Å². The van der Waals surface area contributed by atoms with Crippen molar-refractivity contribution in [2.24, 2.45) is 0 Å². The van der Waals surface area contributed by atoms with Crippen LogP contribution in [0, 0.1) is 0 Å². The molecule has 0 aromatic heterocycles. The van der Waals surface area contributed by atoms with Gasteiger partial charge in [-0.25, -0.2) is 0 Å². The average molecular weight is 245 g/mol. The highest BCUT2D eigenvalue weighted by molar-refractivity contribution is 5.72. The molecule has 0 aromatic rings. The van der Waals surface area contributed by atoms with E-state index in [0.717, 1.165) is 12.8 Å². The van der Waals surface area contributed by atoms with Crippen LogP contribution < -0.4 is 5.32 Å². The lowest BCUT2D eigenvalue weighted by molar-refractivity contribution is -0.153. The summed E-state index contributed by atoms with van der Waals surface area (Å²) in [5.41, 5.74) is -0.444. The van der Waals surface area contributed by atoms with E-state index in [2.05, 4.69) is 5.32 Å². The number of hydrogen-bond donors (Lipinski definition) is 2. The molecule has 0 aromatic carbocycles. The summed E-state index contributed by atoms with van der Waals surface area (Å²) in [4.78, 5) is 21.5. The van der Waals surface area contributed by atoms with Gasteiger partial charge in [-0.3, -0.25) is 9.59 Å². The van der Waals surface area contributed by atoms with Crippen molar-refractivity contribution < 1.29 is 19.4 Å². The van der Waals surface area contributed by atoms with E-state index < -0.39 is 11.6 Å². The highest BCUT2D eigenvalue weighted by Gasteiger charge is 2.15. The number of ether oxygens (including phenoxy) is 1. The topological polar surface area (TPSA) is 75.6 Å². The second-order valence-electron chi connectivity index (χ2n) is 4.97. The minimum absolute atomic E-state index is 0.205. The Morgan fingerprint density at radius 1 is 1.18 bits per heavy atom. The van der Waals surface area contributed by atoms with Gasteiger partial charge in [0.05, 0.1) is 6.54 Å². The Kier molecular flexibility index (Phi) is 7.54. The van der Waals surface area contributed by atoms with Crippen LogP contribution in [0.2, 0.25) is 0 Å². The third-order valence-electron chi connectivity index (χ3n) is 1.93. The van der Waals surface area contributed by atoms with Crippen molar-refractivity contribution >= 4 is 11.9 Å². The zero-order chi connectivity index (χ0) is 13.3. The molecule has 17 heavy (non-hydrogen) atoms. The number of carbonyl (C=O) groups excluding carboxylic acids is 1. The maximum absolute atomic E-state index is 11.3. The molecule has 100 valence electrons. The van der Waals surface area contributed by atoms with Crippen LogP contribution in [-0.4, -0.2) is 35.7 Å². The summed E-state index contributed by atoms with van der Waals surface area (Å²) in [6.45, 7) is 6.40. The van der Waals surface area contributed by atoms with Gasteiger partial charge in [0.1, 0.15) is 5.60 Å². The highest BCUT2D eigenvalue weighted by atomic mass is 16.6. The van der Waals surface area contributed by atoms with Crippen LogP contribution in [-0.2, 0) is 14.3 Å². The Morgan fingerprint density at radius 2 is 1.82 bits per heavy atom. The summed E-state index contributed by atoms with van der Waals surface area (Å²) < 4.78 is 5.12. The first-order valence-electron chi connectivity index (χ1n) is 5.95. The van der Waals surface area contributed by atoms with Gasteiger partial charge in [0.25, 0.3) is 0 Å². The molecule has 0 saturated carbocycles. The van der Waals surface area contributed by atoms with Gasteiger partial charge in [-0.15, -0.1) is 0 Å². The third kappa shape index (κ3) is 12.8. The fraction of sp³-hybridized carbons (Fsp3) is 0.833. The zero-order valence-electron chi connectivity index (χ0n) is 10.9. The number of carboxylic acids is 1. The summed E-state index contributed by atoms with van der Waals surface area (Å²) in [7, 11) is 0. The van der Waals surface area contributed by atoms with E-state index in [-0.39, 0.29) is 18.9 Å². The van der Waals surface area contributed by atoms with Crippen molar-refractivity contribution in [3.05, 3.63) is 0 Å². The number of nitrogens with one attached hydrogen (secondary N) is 1. The molecule has 0 radical (unpaired) electrons. The minimum Gasteiger partial charge on any atom is -0.481 e. The normalized spacial score (nSPS) is 11.2. The molecule has 0 aliphatic carbocycles. The molecule has 0 aliphatic rings. The summed E-state index contributed by atoms with van der Waals surface area (Å²) >= 11 is 0. The Morgan fingerprint density at radius 3 is 2.35 bits per heavy atom. The van der Waals surface area contributed by atoms with Crippen molar-refractivity contribution in [1.82, 2.24) is 5.32 Å². The molecule has 0 spiro atoms. The molecule has 0 saturated heterocycles. The van der Waals surface area contributed by atoms with E-state index in [0.29, 0.717) is 13.0 Å². The molecule has 5 heteroatoms. The number of esters is 1. The van der Waals surface area contributed by atoms with Crippen molar-refractivity contribution in [3.8, 4) is 0 Å². The van der Waals surface area contributed by atoms with E-state index in [1.165, 1.54) is 0 Å². The molecule has 5 nitrogen and oxygen atoms in total. The quantitative estimate of drug-likeness (QED) is 0.501. The lowest BCUT2D eigenvalue weighted by atomic mass is 10.2. The molecule has 0 unspecified atom stereocenters. The summed E-state index contributed by atoms with van der Waals surface area (Å²) in [5.74, 6) is -1.02. The van der Waals surface area contributed by atoms with Gasteiger partial charge in [0.15, 0.2) is 0 Å². The van der Waals surface area contributed by atoms with Gasteiger partial charge < -0.3 is 15.2 Å². The van der Waals surface area contributed by atoms with E-state index in [1.54, 1.807) is 0 Å². The summed E-state index contributed by atoms with van der Waals surface area (Å²) in [6, 6.07) is 0. The van der Waals surface area contributed by atoms with Crippen molar-refractivity contribution in [2.75, 3.05) is 13.1 Å². The molecule has 0 atom stereocenters. The number of aliphatic carboxylic acids is 1. The maximum Gasteiger partial charge on any atom is 0.320 e. The Balaban J connectivity index is 3.34. The number of hydrogen-bond acceptors (Lipinski definition) is 4. The van der Waals surface area contributed by atoms with E-state index >= 15 is 0 Å². The standard InChI is InChI=1S/C12H23NO4/c1-12(2,3)17-11(16)9-13-8-6-4-5-7-10(14)15/h13H,4-9H2,1-3H3,(H,14,15). The van der Waals surface area contributed by atoms with E-state index in [9.17, 15) is 9.59 Å². The second-order valence-corrected chi connectivity index (χ2v) is 4.97. The largest absolute Gasteiger partial charge is 0.481 e. The van der Waals surface area contributed by atoms with Gasteiger partial charge in [0, 0.05) is 6.42 Å². The van der Waals surface area contributed by atoms with Crippen molar-refractivity contribution in [3.63, 3.8) is 0 Å². The fourth-order valence-corrected chi connectivity index (χ4v) is 1.27. The average Bonchev–Trinajstić information content (AvgIpc) is 2.12. The SMILES string of the molecule is CC(C)(C)OC(=O)CNCCCCCC(=O)O. The lowest BCUT2D eigenvalue weighted by Gasteiger charge is -2.19. The molecule has 0 rings (SSSR count). The maximum atomic E-state index is 11.3. The van der Waals surface area contributed by atoms with Crippen LogP contribution in [0.3, 0.4) is 0 Å². The lowest BCUT2D eigenvalue weighted by Crippen LogP contribution is -2.31. The van der Waals surface area contributed by atoms with Crippen LogP contribution in [0.15, 0.2) is 0 Å². The Bertz CT molecular complexity index is 245. The van der Waals surface area contributed by atoms with Gasteiger partial charge in [0.2, 0.25) is 0 Å². The molecule has 0 bridgehead atoms. The predicted octanol–water partition coefficient (Wildman–Crippen LogP) is 1.56. The Labute approximate surface area is 103 Å². The van der Waals surface area contributed by atoms with Crippen LogP contribution in [0.25, 0.3) is 0 Å².